The van der Waals surface area contributed by atoms with Crippen molar-refractivity contribution < 1.29 is 5.11 Å². The molecule has 124 valence electrons. The summed E-state index contributed by atoms with van der Waals surface area (Å²) in [6.07, 6.45) is 9.00. The third-order valence-corrected chi connectivity index (χ3v) is 5.60. The highest BCUT2D eigenvalue weighted by molar-refractivity contribution is 4.84. The van der Waals surface area contributed by atoms with Gasteiger partial charge in [0.25, 0.3) is 0 Å². The van der Waals surface area contributed by atoms with Crippen molar-refractivity contribution in [2.24, 2.45) is 11.8 Å². The van der Waals surface area contributed by atoms with Gasteiger partial charge in [-0.3, -0.25) is 0 Å². The molecule has 1 saturated heterocycles. The molecule has 0 aromatic heterocycles. The zero-order valence-corrected chi connectivity index (χ0v) is 14.4. The summed E-state index contributed by atoms with van der Waals surface area (Å²) in [5, 5.41) is 13.5. The van der Waals surface area contributed by atoms with Gasteiger partial charge < -0.3 is 15.3 Å². The molecule has 3 heteroatoms. The van der Waals surface area contributed by atoms with Crippen LogP contribution in [0.25, 0.3) is 0 Å². The molecule has 1 heterocycles. The third-order valence-electron chi connectivity index (χ3n) is 5.60. The van der Waals surface area contributed by atoms with Gasteiger partial charge in [0.2, 0.25) is 0 Å². The quantitative estimate of drug-likeness (QED) is 0.791. The molecule has 2 rings (SSSR count). The van der Waals surface area contributed by atoms with Crippen LogP contribution in [0.3, 0.4) is 0 Å². The predicted octanol–water partition coefficient (Wildman–Crippen LogP) is 3.03. The average Bonchev–Trinajstić information content (AvgIpc) is 2.47. The Labute approximate surface area is 131 Å². The first-order valence-electron chi connectivity index (χ1n) is 9.21. The van der Waals surface area contributed by atoms with Gasteiger partial charge in [-0.15, -0.1) is 0 Å². The number of aliphatic hydroxyl groups is 1. The highest BCUT2D eigenvalue weighted by Crippen LogP contribution is 2.29. The molecule has 2 N–H and O–H groups in total. The van der Waals surface area contributed by atoms with Crippen molar-refractivity contribution in [3.8, 4) is 0 Å². The predicted molar refractivity (Wildman–Crippen MR) is 89.5 cm³/mol. The van der Waals surface area contributed by atoms with Crippen LogP contribution >= 0.6 is 0 Å². The number of hydrogen-bond acceptors (Lipinski definition) is 3. The van der Waals surface area contributed by atoms with Crippen molar-refractivity contribution in [1.29, 1.82) is 0 Å². The highest BCUT2D eigenvalue weighted by atomic mass is 16.3. The summed E-state index contributed by atoms with van der Waals surface area (Å²) in [5.41, 5.74) is 0. The summed E-state index contributed by atoms with van der Waals surface area (Å²) < 4.78 is 0. The molecule has 1 saturated carbocycles. The zero-order valence-electron chi connectivity index (χ0n) is 14.4. The number of nitrogens with one attached hydrogen (secondary N) is 1. The molecule has 0 amide bonds. The second-order valence-corrected chi connectivity index (χ2v) is 7.79. The summed E-state index contributed by atoms with van der Waals surface area (Å²) in [6, 6.07) is 1.53. The lowest BCUT2D eigenvalue weighted by molar-refractivity contribution is 0.0945. The van der Waals surface area contributed by atoms with Gasteiger partial charge in [-0.05, 0) is 63.6 Å². The maximum atomic E-state index is 9.84. The van der Waals surface area contributed by atoms with Gasteiger partial charge in [0.05, 0.1) is 6.10 Å². The van der Waals surface area contributed by atoms with Gasteiger partial charge >= 0.3 is 0 Å². The van der Waals surface area contributed by atoms with E-state index < -0.39 is 0 Å². The molecule has 2 aliphatic rings. The molecule has 3 atom stereocenters. The Hall–Kier alpha value is -0.120. The van der Waals surface area contributed by atoms with Crippen molar-refractivity contribution in [2.45, 2.75) is 83.9 Å². The van der Waals surface area contributed by atoms with E-state index in [2.05, 4.69) is 31.0 Å². The SMILES string of the molecule is CC1CCCC(N2CCC(NCCC(O)C(C)C)CC2)C1. The smallest absolute Gasteiger partial charge is 0.0575 e. The van der Waals surface area contributed by atoms with Crippen molar-refractivity contribution in [1.82, 2.24) is 10.2 Å². The van der Waals surface area contributed by atoms with Crippen molar-refractivity contribution in [3.05, 3.63) is 0 Å². The number of piperidine rings is 1. The summed E-state index contributed by atoms with van der Waals surface area (Å²) in [4.78, 5) is 2.75. The number of aliphatic hydroxyl groups excluding tert-OH is 1. The van der Waals surface area contributed by atoms with E-state index >= 15 is 0 Å². The molecule has 0 aromatic carbocycles. The minimum absolute atomic E-state index is 0.152. The topological polar surface area (TPSA) is 35.5 Å². The largest absolute Gasteiger partial charge is 0.393 e. The van der Waals surface area contributed by atoms with Crippen LogP contribution in [0.4, 0.5) is 0 Å². The summed E-state index contributed by atoms with van der Waals surface area (Å²) in [5.74, 6) is 1.30. The van der Waals surface area contributed by atoms with Crippen molar-refractivity contribution >= 4 is 0 Å². The lowest BCUT2D eigenvalue weighted by Gasteiger charge is -2.41. The second-order valence-electron chi connectivity index (χ2n) is 7.79. The Bertz CT molecular complexity index is 287. The molecule has 3 nitrogen and oxygen atoms in total. The molecular formula is C18H36N2O. The van der Waals surface area contributed by atoms with E-state index in [0.29, 0.717) is 12.0 Å². The van der Waals surface area contributed by atoms with Crippen LogP contribution in [0.2, 0.25) is 0 Å². The van der Waals surface area contributed by atoms with Gasteiger partial charge in [-0.1, -0.05) is 33.6 Å². The average molecular weight is 296 g/mol. The van der Waals surface area contributed by atoms with Gasteiger partial charge in [0.15, 0.2) is 0 Å². The van der Waals surface area contributed by atoms with Gasteiger partial charge in [0.1, 0.15) is 0 Å². The van der Waals surface area contributed by atoms with E-state index in [1.807, 2.05) is 0 Å². The lowest BCUT2D eigenvalue weighted by Crippen LogP contribution is -2.48. The number of nitrogens with zero attached hydrogens (tertiary/aromatic N) is 1. The first-order chi connectivity index (χ1) is 10.1. The fraction of sp³-hybridized carbons (Fsp3) is 1.00. The molecule has 3 unspecified atom stereocenters. The maximum Gasteiger partial charge on any atom is 0.0575 e. The van der Waals surface area contributed by atoms with Gasteiger partial charge in [-0.2, -0.15) is 0 Å². The van der Waals surface area contributed by atoms with Crippen LogP contribution in [0.5, 0.6) is 0 Å². The molecule has 0 radical (unpaired) electrons. The third kappa shape index (κ3) is 5.54. The Morgan fingerprint density at radius 3 is 2.48 bits per heavy atom. The van der Waals surface area contributed by atoms with E-state index in [4.69, 9.17) is 0 Å². The highest BCUT2D eigenvalue weighted by Gasteiger charge is 2.28. The molecular weight excluding hydrogens is 260 g/mol. The molecule has 0 spiro atoms. The van der Waals surface area contributed by atoms with E-state index in [1.165, 1.54) is 51.6 Å². The van der Waals surface area contributed by atoms with Crippen LogP contribution in [0, 0.1) is 11.8 Å². The van der Waals surface area contributed by atoms with Crippen LogP contribution in [0.1, 0.15) is 65.7 Å². The van der Waals surface area contributed by atoms with Crippen LogP contribution in [-0.4, -0.2) is 47.8 Å². The molecule has 1 aliphatic heterocycles. The lowest BCUT2D eigenvalue weighted by atomic mass is 9.85. The number of rotatable bonds is 6. The molecule has 2 fully saturated rings. The van der Waals surface area contributed by atoms with Crippen molar-refractivity contribution in [3.63, 3.8) is 0 Å². The fourth-order valence-electron chi connectivity index (χ4n) is 3.97. The molecule has 1 aliphatic carbocycles. The standard InChI is InChI=1S/C18H36N2O/c1-14(2)18(21)7-10-19-16-8-11-20(12-9-16)17-6-4-5-15(3)13-17/h14-19,21H,4-13H2,1-3H3. The van der Waals surface area contributed by atoms with E-state index in [1.54, 1.807) is 0 Å². The van der Waals surface area contributed by atoms with Gasteiger partial charge in [0, 0.05) is 12.1 Å². The summed E-state index contributed by atoms with van der Waals surface area (Å²) in [6.45, 7) is 10.1. The minimum Gasteiger partial charge on any atom is -0.393 e. The maximum absolute atomic E-state index is 9.84. The monoisotopic (exact) mass is 296 g/mol. The molecule has 0 bridgehead atoms. The van der Waals surface area contributed by atoms with Crippen molar-refractivity contribution in [2.75, 3.05) is 19.6 Å². The molecule has 21 heavy (non-hydrogen) atoms. The first kappa shape index (κ1) is 17.2. The molecule has 0 aromatic rings. The summed E-state index contributed by atoms with van der Waals surface area (Å²) in [7, 11) is 0. The van der Waals surface area contributed by atoms with Crippen LogP contribution < -0.4 is 5.32 Å². The Morgan fingerprint density at radius 2 is 1.86 bits per heavy atom. The fourth-order valence-corrected chi connectivity index (χ4v) is 3.97. The Balaban J connectivity index is 1.62. The van der Waals surface area contributed by atoms with Gasteiger partial charge in [-0.25, -0.2) is 0 Å². The van der Waals surface area contributed by atoms with E-state index in [0.717, 1.165) is 24.9 Å². The van der Waals surface area contributed by atoms with E-state index in [9.17, 15) is 5.11 Å². The van der Waals surface area contributed by atoms with Crippen LogP contribution in [0.15, 0.2) is 0 Å². The van der Waals surface area contributed by atoms with E-state index in [-0.39, 0.29) is 6.10 Å². The zero-order chi connectivity index (χ0) is 15.2. The second kappa shape index (κ2) is 8.50. The Kier molecular flexibility index (Phi) is 6.97. The Morgan fingerprint density at radius 1 is 1.14 bits per heavy atom. The van der Waals surface area contributed by atoms with Crippen LogP contribution in [-0.2, 0) is 0 Å². The minimum atomic E-state index is -0.152. The first-order valence-corrected chi connectivity index (χ1v) is 9.21. The number of likely N-dealkylation sites (tertiary alicyclic amines) is 1. The number of hydrogen-bond donors (Lipinski definition) is 2. The normalized spacial score (nSPS) is 30.7. The summed E-state index contributed by atoms with van der Waals surface area (Å²) >= 11 is 0.